The second-order valence-corrected chi connectivity index (χ2v) is 13.0. The van der Waals surface area contributed by atoms with Crippen molar-refractivity contribution in [2.24, 2.45) is 12.8 Å². The molecule has 0 aliphatic carbocycles. The highest BCUT2D eigenvalue weighted by Crippen LogP contribution is 2.35. The number of carboxylic acid groups (broad SMARTS) is 1. The van der Waals surface area contributed by atoms with Crippen molar-refractivity contribution in [3.8, 4) is 34.3 Å². The van der Waals surface area contributed by atoms with E-state index in [1.54, 1.807) is 12.1 Å². The number of carbonyl (C=O) groups is 2. The molecule has 0 saturated heterocycles. The number of para-hydroxylation sites is 2. The van der Waals surface area contributed by atoms with Crippen molar-refractivity contribution in [2.45, 2.75) is 46.0 Å². The number of nitrogens with zero attached hydrogens (tertiary/aromatic N) is 2. The number of primary amides is 1. The molecule has 7 rings (SSSR count). The number of phenols is 1. The van der Waals surface area contributed by atoms with Crippen LogP contribution in [0, 0.1) is 13.8 Å². The van der Waals surface area contributed by atoms with Gasteiger partial charge >= 0.3 is 12.8 Å². The number of hydrogen-bond donors (Lipinski definition) is 3. The molecule has 0 unspecified atom stereocenters. The van der Waals surface area contributed by atoms with Gasteiger partial charge in [-0.1, -0.05) is 36.4 Å². The molecule has 51 heavy (non-hydrogen) atoms. The number of fused-ring (bicyclic) bond motifs is 3. The number of nitrogens with two attached hydrogens (primary N) is 1. The fourth-order valence-electron chi connectivity index (χ4n) is 7.21. The number of benzene rings is 3. The summed E-state index contributed by atoms with van der Waals surface area (Å²) in [7, 11) is 2.04. The third-order valence-electron chi connectivity index (χ3n) is 9.58. The lowest BCUT2D eigenvalue weighted by Gasteiger charge is -2.23. The molecule has 2 aliphatic rings. The first-order valence-corrected chi connectivity index (χ1v) is 17.1. The zero-order valence-corrected chi connectivity index (χ0v) is 28.8. The first kappa shape index (κ1) is 33.5. The molecule has 10 nitrogen and oxygen atoms in total. The minimum Gasteiger partial charge on any atom is -0.507 e. The summed E-state index contributed by atoms with van der Waals surface area (Å²) in [5.41, 5.74) is 13.5. The number of amides is 1. The van der Waals surface area contributed by atoms with E-state index in [4.69, 9.17) is 19.6 Å². The average Bonchev–Trinajstić information content (AvgIpc) is 3.74. The number of furan rings is 1. The molecule has 0 bridgehead atoms. The zero-order chi connectivity index (χ0) is 35.8. The van der Waals surface area contributed by atoms with Crippen LogP contribution >= 0.6 is 0 Å². The summed E-state index contributed by atoms with van der Waals surface area (Å²) in [6.07, 6.45) is 3.75. The van der Waals surface area contributed by atoms with Gasteiger partial charge in [0.05, 0.1) is 30.0 Å². The molecular formula is C40H39BN3O7+. The van der Waals surface area contributed by atoms with E-state index in [2.05, 4.69) is 41.1 Å². The molecule has 5 aromatic rings. The lowest BCUT2D eigenvalue weighted by molar-refractivity contribution is -0.137. The fourth-order valence-corrected chi connectivity index (χ4v) is 7.21. The lowest BCUT2D eigenvalue weighted by atomic mass is 9.48. The second-order valence-electron chi connectivity index (χ2n) is 13.0. The van der Waals surface area contributed by atoms with Gasteiger partial charge in [-0.15, -0.1) is 0 Å². The molecule has 0 saturated carbocycles. The summed E-state index contributed by atoms with van der Waals surface area (Å²) in [5.74, 6) is 1.21. The van der Waals surface area contributed by atoms with Crippen LogP contribution in [-0.2, 0) is 16.6 Å². The Morgan fingerprint density at radius 3 is 2.25 bits per heavy atom. The minimum absolute atomic E-state index is 0.0110. The van der Waals surface area contributed by atoms with Crippen LogP contribution in [0.4, 0.5) is 0 Å². The first-order chi connectivity index (χ1) is 24.6. The number of hydrogen-bond acceptors (Lipinski definition) is 6. The standard InChI is InChI=1S/C40H38BN3O7/c1-24-20-25(2)43(3)40(24)27(10-8-16-39(47)48)31-22-37-32(23-36(51-37)28-18-17-26(21-33(28)45)49-19-9-15-38(42)46)44(31)41-29-11-4-6-13-34(29)50-35-14-7-5-12-30(35)41/h4-7,11-14,17-18,20-23H,8-10,15-16,19H2,1-3H3,(H3,42,46,47,48)/p+1/b31-27-. The highest BCUT2D eigenvalue weighted by molar-refractivity contribution is 6.85. The number of aromatic nitrogens is 1. The van der Waals surface area contributed by atoms with E-state index in [1.165, 1.54) is 6.07 Å². The van der Waals surface area contributed by atoms with Gasteiger partial charge < -0.3 is 34.4 Å². The van der Waals surface area contributed by atoms with E-state index in [-0.39, 0.29) is 31.3 Å². The van der Waals surface area contributed by atoms with Gasteiger partial charge in [0.1, 0.15) is 28.8 Å². The quantitative estimate of drug-likeness (QED) is 0.133. The number of carbonyl (C=O) groups excluding carboxylic acids is 1. The Morgan fingerprint density at radius 2 is 1.63 bits per heavy atom. The summed E-state index contributed by atoms with van der Waals surface area (Å²) in [4.78, 5) is 22.8. The third kappa shape index (κ3) is 6.43. The molecule has 3 aromatic carbocycles. The first-order valence-electron chi connectivity index (χ1n) is 17.1. The molecule has 2 aromatic heterocycles. The summed E-state index contributed by atoms with van der Waals surface area (Å²) >= 11 is 0. The van der Waals surface area contributed by atoms with Crippen LogP contribution < -0.4 is 41.4 Å². The van der Waals surface area contributed by atoms with E-state index < -0.39 is 5.97 Å². The van der Waals surface area contributed by atoms with Crippen LogP contribution in [0.25, 0.3) is 23.0 Å². The van der Waals surface area contributed by atoms with Gasteiger partial charge in [-0.25, -0.2) is 0 Å². The monoisotopic (exact) mass is 684 g/mol. The summed E-state index contributed by atoms with van der Waals surface area (Å²) in [6, 6.07) is 25.1. The zero-order valence-electron chi connectivity index (χ0n) is 28.8. The number of aliphatic carboxylic acids is 1. The third-order valence-corrected chi connectivity index (χ3v) is 9.58. The fraction of sp³-hybridized carbons (Fsp3) is 0.225. The summed E-state index contributed by atoms with van der Waals surface area (Å²) < 4.78 is 23.1. The molecule has 0 atom stereocenters. The molecular weight excluding hydrogens is 645 g/mol. The van der Waals surface area contributed by atoms with Crippen molar-refractivity contribution in [1.82, 2.24) is 9.05 Å². The van der Waals surface area contributed by atoms with Crippen molar-refractivity contribution in [2.75, 3.05) is 6.61 Å². The van der Waals surface area contributed by atoms with Crippen molar-refractivity contribution in [3.05, 3.63) is 112 Å². The molecule has 0 fully saturated rings. The van der Waals surface area contributed by atoms with Crippen LogP contribution in [0.1, 0.15) is 49.1 Å². The SMILES string of the molecule is Cc1cc(C)n(C)c1/C(CCCC(=O)O)=C1/C=c2oc(-c3ccc(OCCCC(N)=O)cc3O)cc2=[N+]1B1c2ccccc2Oc2ccccc21. The molecule has 0 spiro atoms. The van der Waals surface area contributed by atoms with Crippen LogP contribution in [0.5, 0.6) is 23.0 Å². The van der Waals surface area contributed by atoms with Crippen molar-refractivity contribution in [3.63, 3.8) is 0 Å². The Hall–Kier alpha value is -5.97. The Morgan fingerprint density at radius 1 is 0.922 bits per heavy atom. The smallest absolute Gasteiger partial charge is 0.507 e. The van der Waals surface area contributed by atoms with E-state index in [9.17, 15) is 19.8 Å². The normalized spacial score (nSPS) is 13.9. The molecule has 1 amide bonds. The Bertz CT molecular complexity index is 2310. The van der Waals surface area contributed by atoms with Crippen molar-refractivity contribution < 1.29 is 33.7 Å². The Labute approximate surface area is 295 Å². The van der Waals surface area contributed by atoms with E-state index in [1.807, 2.05) is 55.6 Å². The molecule has 4 N–H and O–H groups in total. The van der Waals surface area contributed by atoms with Gasteiger partial charge in [0.15, 0.2) is 5.70 Å². The van der Waals surface area contributed by atoms with E-state index in [0.717, 1.165) is 56.0 Å². The van der Waals surface area contributed by atoms with E-state index >= 15 is 0 Å². The largest absolute Gasteiger partial charge is 0.567 e. The van der Waals surface area contributed by atoms with Crippen molar-refractivity contribution in [1.29, 1.82) is 0 Å². The maximum absolute atomic E-state index is 11.7. The minimum atomic E-state index is -0.836. The molecule has 11 heteroatoms. The molecule has 4 heterocycles. The maximum atomic E-state index is 11.7. The highest BCUT2D eigenvalue weighted by Gasteiger charge is 2.48. The number of allylic oxidation sites excluding steroid dienone is 2. The second kappa shape index (κ2) is 13.7. The Kier molecular flexibility index (Phi) is 9.03. The lowest BCUT2D eigenvalue weighted by Crippen LogP contribution is -2.59. The number of rotatable bonds is 12. The van der Waals surface area contributed by atoms with Crippen LogP contribution in [-0.4, -0.2) is 40.1 Å². The van der Waals surface area contributed by atoms with Gasteiger partial charge in [0.25, 0.3) is 0 Å². The van der Waals surface area contributed by atoms with Gasteiger partial charge in [-0.2, -0.15) is 0 Å². The number of aromatic hydroxyl groups is 1. The maximum Gasteiger partial charge on any atom is 0.567 e. The van der Waals surface area contributed by atoms with Gasteiger partial charge in [0.2, 0.25) is 16.7 Å². The Balaban J connectivity index is 1.44. The molecule has 2 aliphatic heterocycles. The van der Waals surface area contributed by atoms with Crippen LogP contribution in [0.2, 0.25) is 0 Å². The van der Waals surface area contributed by atoms with Crippen LogP contribution in [0.15, 0.2) is 89.0 Å². The number of carboxylic acids is 1. The molecule has 0 radical (unpaired) electrons. The predicted octanol–water partition coefficient (Wildman–Crippen LogP) is 4.11. The summed E-state index contributed by atoms with van der Waals surface area (Å²) in [5, 5.41) is 21.5. The highest BCUT2D eigenvalue weighted by atomic mass is 16.5. The number of aryl methyl sites for hydroxylation is 2. The number of ether oxygens (including phenoxy) is 2. The van der Waals surface area contributed by atoms with E-state index in [0.29, 0.717) is 48.4 Å². The molecule has 258 valence electrons. The summed E-state index contributed by atoms with van der Waals surface area (Å²) in [6.45, 7) is 4.13. The topological polar surface area (TPSA) is 140 Å². The van der Waals surface area contributed by atoms with Gasteiger partial charge in [0, 0.05) is 48.1 Å². The van der Waals surface area contributed by atoms with Gasteiger partial charge in [-0.05, 0) is 69.0 Å². The van der Waals surface area contributed by atoms with Crippen molar-refractivity contribution >= 4 is 41.3 Å². The number of phenolic OH excluding ortho intramolecular Hbond substituents is 1. The van der Waals surface area contributed by atoms with Gasteiger partial charge in [-0.3, -0.25) is 14.1 Å². The van der Waals surface area contributed by atoms with Crippen LogP contribution in [0.3, 0.4) is 0 Å². The average molecular weight is 685 g/mol. The predicted molar refractivity (Wildman–Crippen MR) is 196 cm³/mol.